The third-order valence-electron chi connectivity index (χ3n) is 6.80. The second-order valence-electron chi connectivity index (χ2n) is 9.43. The van der Waals surface area contributed by atoms with Crippen LogP contribution in [0.5, 0.6) is 11.5 Å². The van der Waals surface area contributed by atoms with Gasteiger partial charge in [-0.3, -0.25) is 0 Å². The van der Waals surface area contributed by atoms with Crippen LogP contribution in [0.15, 0.2) is 30.6 Å². The summed E-state index contributed by atoms with van der Waals surface area (Å²) < 4.78 is 24.9. The number of nitrogens with zero attached hydrogens (tertiary/aromatic N) is 4. The SMILES string of the molecule is COc1cc2c(Nc3ccc(Cl)c(Cl)c3N3CCN(C)CC3)ncnc2cc1O[C@@H](CO)[C@@H](O)[C@H](O)[C@@H](F)CO. The van der Waals surface area contributed by atoms with E-state index in [0.717, 1.165) is 31.9 Å². The lowest BCUT2D eigenvalue weighted by atomic mass is 10.0. The fraction of sp³-hybridized carbons (Fsp3) is 0.462. The van der Waals surface area contributed by atoms with Crippen molar-refractivity contribution in [3.05, 3.63) is 40.6 Å². The molecule has 218 valence electrons. The zero-order valence-corrected chi connectivity index (χ0v) is 23.5. The summed E-state index contributed by atoms with van der Waals surface area (Å²) in [6, 6.07) is 6.66. The number of likely N-dealkylation sites (N-methyl/N-ethyl adjacent to an activating group) is 1. The normalized spacial score (nSPS) is 17.4. The Kier molecular flexibility index (Phi) is 10.1. The maximum Gasteiger partial charge on any atom is 0.164 e. The Bertz CT molecular complexity index is 1320. The number of aliphatic hydroxyl groups is 4. The Labute approximate surface area is 240 Å². The molecular weight excluding hydrogens is 568 g/mol. The molecule has 40 heavy (non-hydrogen) atoms. The van der Waals surface area contributed by atoms with Gasteiger partial charge in [-0.15, -0.1) is 0 Å². The molecule has 11 nitrogen and oxygen atoms in total. The van der Waals surface area contributed by atoms with Crippen LogP contribution < -0.4 is 19.7 Å². The Morgan fingerprint density at radius 2 is 1.75 bits per heavy atom. The summed E-state index contributed by atoms with van der Waals surface area (Å²) in [7, 11) is 3.46. The highest BCUT2D eigenvalue weighted by atomic mass is 35.5. The van der Waals surface area contributed by atoms with Gasteiger partial charge in [-0.1, -0.05) is 23.2 Å². The summed E-state index contributed by atoms with van der Waals surface area (Å²) in [6.07, 6.45) is -6.01. The molecule has 3 aromatic rings. The topological polar surface area (TPSA) is 144 Å². The van der Waals surface area contributed by atoms with Crippen molar-refractivity contribution in [1.29, 1.82) is 0 Å². The number of nitrogens with one attached hydrogen (secondary N) is 1. The highest BCUT2D eigenvalue weighted by Crippen LogP contribution is 2.42. The minimum absolute atomic E-state index is 0.0806. The zero-order valence-electron chi connectivity index (χ0n) is 22.0. The van der Waals surface area contributed by atoms with E-state index in [4.69, 9.17) is 37.8 Å². The van der Waals surface area contributed by atoms with E-state index < -0.39 is 37.7 Å². The molecule has 5 N–H and O–H groups in total. The number of fused-ring (bicyclic) bond motifs is 1. The minimum atomic E-state index is -2.12. The maximum absolute atomic E-state index is 13.7. The smallest absolute Gasteiger partial charge is 0.164 e. The predicted molar refractivity (Wildman–Crippen MR) is 151 cm³/mol. The fourth-order valence-corrected chi connectivity index (χ4v) is 4.88. The number of anilines is 3. The molecule has 0 radical (unpaired) electrons. The molecule has 4 rings (SSSR count). The van der Waals surface area contributed by atoms with E-state index in [9.17, 15) is 19.7 Å². The van der Waals surface area contributed by atoms with Crippen LogP contribution in [0.4, 0.5) is 21.6 Å². The number of methoxy groups -OCH3 is 1. The maximum atomic E-state index is 13.7. The number of rotatable bonds is 11. The second-order valence-corrected chi connectivity index (χ2v) is 10.2. The van der Waals surface area contributed by atoms with Gasteiger partial charge < -0.3 is 45.0 Å². The van der Waals surface area contributed by atoms with Gasteiger partial charge in [0.05, 0.1) is 47.3 Å². The summed E-state index contributed by atoms with van der Waals surface area (Å²) in [4.78, 5) is 13.1. The first-order chi connectivity index (χ1) is 19.2. The molecule has 1 saturated heterocycles. The van der Waals surface area contributed by atoms with Crippen LogP contribution in [-0.4, -0.2) is 113 Å². The Balaban J connectivity index is 1.68. The lowest BCUT2D eigenvalue weighted by Crippen LogP contribution is -2.48. The average molecular weight is 600 g/mol. The standard InChI is InChI=1S/C26H32Cl2FN5O6/c1-33-5-7-34(8-6-33)23-17(4-3-15(27)22(23)28)32-26-14-9-19(39-2)20(10-18(14)30-13-31-26)40-21(12-36)25(38)24(37)16(29)11-35/h3-4,9-10,13,16,21,24-25,35-38H,5-8,11-12H2,1-2H3,(H,30,31,32)/t16-,21-,24+,25+/m0/s1. The van der Waals surface area contributed by atoms with Crippen LogP contribution in [0.25, 0.3) is 10.9 Å². The van der Waals surface area contributed by atoms with Crippen molar-refractivity contribution in [3.8, 4) is 11.5 Å². The van der Waals surface area contributed by atoms with Crippen molar-refractivity contribution < 1.29 is 34.3 Å². The molecule has 14 heteroatoms. The van der Waals surface area contributed by atoms with Gasteiger partial charge in [0.1, 0.15) is 24.4 Å². The molecule has 2 aromatic carbocycles. The average Bonchev–Trinajstić information content (AvgIpc) is 2.97. The lowest BCUT2D eigenvalue weighted by Gasteiger charge is -2.35. The summed E-state index contributed by atoms with van der Waals surface area (Å²) >= 11 is 13.0. The van der Waals surface area contributed by atoms with Gasteiger partial charge >= 0.3 is 0 Å². The molecular formula is C26H32Cl2FN5O6. The number of aliphatic hydroxyl groups excluding tert-OH is 4. The first-order valence-electron chi connectivity index (χ1n) is 12.6. The first kappa shape index (κ1) is 30.3. The van der Waals surface area contributed by atoms with E-state index in [-0.39, 0.29) is 11.5 Å². The molecule has 0 spiro atoms. The Morgan fingerprint density at radius 3 is 2.40 bits per heavy atom. The van der Waals surface area contributed by atoms with Crippen LogP contribution >= 0.6 is 23.2 Å². The van der Waals surface area contributed by atoms with Crippen LogP contribution in [0.2, 0.25) is 10.0 Å². The molecule has 0 bridgehead atoms. The van der Waals surface area contributed by atoms with Gasteiger partial charge in [0, 0.05) is 37.6 Å². The predicted octanol–water partition coefficient (Wildman–Crippen LogP) is 2.23. The molecule has 1 aromatic heterocycles. The molecule has 0 aliphatic carbocycles. The highest BCUT2D eigenvalue weighted by molar-refractivity contribution is 6.44. The quantitative estimate of drug-likeness (QED) is 0.221. The molecule has 0 saturated carbocycles. The Hall–Kier alpha value is -2.71. The molecule has 1 aliphatic heterocycles. The van der Waals surface area contributed by atoms with Crippen molar-refractivity contribution in [1.82, 2.24) is 14.9 Å². The van der Waals surface area contributed by atoms with Gasteiger partial charge in [-0.05, 0) is 25.2 Å². The van der Waals surface area contributed by atoms with E-state index in [1.807, 2.05) is 6.07 Å². The molecule has 0 amide bonds. The lowest BCUT2D eigenvalue weighted by molar-refractivity contribution is -0.0981. The number of hydrogen-bond acceptors (Lipinski definition) is 11. The molecule has 2 heterocycles. The zero-order chi connectivity index (χ0) is 29.0. The van der Waals surface area contributed by atoms with E-state index in [1.165, 1.54) is 19.5 Å². The van der Waals surface area contributed by atoms with Crippen LogP contribution in [0.1, 0.15) is 0 Å². The monoisotopic (exact) mass is 599 g/mol. The second kappa shape index (κ2) is 13.3. The summed E-state index contributed by atoms with van der Waals surface area (Å²) in [6.45, 7) is 1.51. The van der Waals surface area contributed by atoms with Crippen molar-refractivity contribution in [2.75, 3.05) is 63.8 Å². The number of hydrogen-bond donors (Lipinski definition) is 5. The van der Waals surface area contributed by atoms with Gasteiger partial charge in [0.25, 0.3) is 0 Å². The van der Waals surface area contributed by atoms with E-state index >= 15 is 0 Å². The van der Waals surface area contributed by atoms with Crippen molar-refractivity contribution in [3.63, 3.8) is 0 Å². The largest absolute Gasteiger partial charge is 0.493 e. The van der Waals surface area contributed by atoms with E-state index in [1.54, 1.807) is 12.1 Å². The first-order valence-corrected chi connectivity index (χ1v) is 13.3. The van der Waals surface area contributed by atoms with Crippen LogP contribution in [0.3, 0.4) is 0 Å². The summed E-state index contributed by atoms with van der Waals surface area (Å²) in [5.74, 6) is 0.732. The highest BCUT2D eigenvalue weighted by Gasteiger charge is 2.34. The van der Waals surface area contributed by atoms with Crippen molar-refractivity contribution in [2.24, 2.45) is 0 Å². The fourth-order valence-electron chi connectivity index (χ4n) is 4.44. The number of piperazine rings is 1. The Morgan fingerprint density at radius 1 is 1.02 bits per heavy atom. The number of ether oxygens (including phenoxy) is 2. The van der Waals surface area contributed by atoms with E-state index in [2.05, 4.69) is 32.1 Å². The summed E-state index contributed by atoms with van der Waals surface area (Å²) in [5, 5.41) is 43.7. The minimum Gasteiger partial charge on any atom is -0.493 e. The molecule has 0 unspecified atom stereocenters. The number of halogens is 3. The van der Waals surface area contributed by atoms with E-state index in [0.29, 0.717) is 32.5 Å². The number of benzene rings is 2. The van der Waals surface area contributed by atoms with Crippen molar-refractivity contribution in [2.45, 2.75) is 24.5 Å². The molecule has 1 aliphatic rings. The van der Waals surface area contributed by atoms with Crippen LogP contribution in [-0.2, 0) is 0 Å². The molecule has 1 fully saturated rings. The van der Waals surface area contributed by atoms with Gasteiger partial charge in [0.2, 0.25) is 0 Å². The molecule has 4 atom stereocenters. The third-order valence-corrected chi connectivity index (χ3v) is 7.59. The van der Waals surface area contributed by atoms with Gasteiger partial charge in [0.15, 0.2) is 23.8 Å². The van der Waals surface area contributed by atoms with Crippen LogP contribution in [0, 0.1) is 0 Å². The van der Waals surface area contributed by atoms with Gasteiger partial charge in [-0.25, -0.2) is 14.4 Å². The van der Waals surface area contributed by atoms with Gasteiger partial charge in [-0.2, -0.15) is 0 Å². The third kappa shape index (κ3) is 6.44. The summed E-state index contributed by atoms with van der Waals surface area (Å²) in [5.41, 5.74) is 1.88. The number of alkyl halides is 1. The number of aromatic nitrogens is 2. The van der Waals surface area contributed by atoms with Crippen molar-refractivity contribution >= 4 is 51.3 Å².